The molecule has 1 aromatic carbocycles. The Morgan fingerprint density at radius 3 is 2.37 bits per heavy atom. The third-order valence-electron chi connectivity index (χ3n) is 2.58. The fourth-order valence-corrected chi connectivity index (χ4v) is 2.15. The first-order chi connectivity index (χ1) is 8.86. The van der Waals surface area contributed by atoms with Crippen LogP contribution in [0, 0.1) is 0 Å². The Morgan fingerprint density at radius 1 is 1.32 bits per heavy atom. The van der Waals surface area contributed by atoms with Gasteiger partial charge in [0.2, 0.25) is 10.0 Å². The van der Waals surface area contributed by atoms with Crippen molar-refractivity contribution in [2.45, 2.75) is 24.3 Å². The molecule has 4 N–H and O–H groups in total. The van der Waals surface area contributed by atoms with Gasteiger partial charge >= 0.3 is 0 Å². The summed E-state index contributed by atoms with van der Waals surface area (Å²) < 4.78 is 25.2. The van der Waals surface area contributed by atoms with Crippen LogP contribution in [0.1, 0.15) is 23.7 Å². The first-order valence-corrected chi connectivity index (χ1v) is 7.42. The molecule has 1 rings (SSSR count). The Labute approximate surface area is 113 Å². The zero-order valence-electron chi connectivity index (χ0n) is 11.0. The van der Waals surface area contributed by atoms with Gasteiger partial charge in [-0.3, -0.25) is 4.79 Å². The van der Waals surface area contributed by atoms with Crippen molar-refractivity contribution < 1.29 is 13.2 Å². The van der Waals surface area contributed by atoms with Crippen LogP contribution in [0.15, 0.2) is 29.2 Å². The summed E-state index contributed by atoms with van der Waals surface area (Å²) in [6.45, 7) is 2.36. The summed E-state index contributed by atoms with van der Waals surface area (Å²) in [4.78, 5) is 11.9. The quantitative estimate of drug-likeness (QED) is 0.688. The van der Waals surface area contributed by atoms with Crippen LogP contribution in [0.2, 0.25) is 0 Å². The van der Waals surface area contributed by atoms with E-state index in [1.54, 1.807) is 0 Å². The molecule has 0 bridgehead atoms. The Balaban J connectivity index is 2.69. The van der Waals surface area contributed by atoms with Crippen LogP contribution < -0.4 is 15.8 Å². The number of rotatable bonds is 6. The number of nitrogens with two attached hydrogens (primary N) is 1. The minimum Gasteiger partial charge on any atom is -0.352 e. The third-order valence-corrected chi connectivity index (χ3v) is 4.01. The molecule has 1 aromatic rings. The zero-order chi connectivity index (χ0) is 14.5. The molecule has 0 spiro atoms. The summed E-state index contributed by atoms with van der Waals surface area (Å²) in [5.41, 5.74) is 5.99. The van der Waals surface area contributed by atoms with E-state index < -0.39 is 10.0 Å². The molecular weight excluding hydrogens is 266 g/mol. The maximum Gasteiger partial charge on any atom is 0.251 e. The van der Waals surface area contributed by atoms with Gasteiger partial charge in [-0.05, 0) is 44.7 Å². The lowest BCUT2D eigenvalue weighted by Gasteiger charge is -2.08. The number of carbonyl (C=O) groups is 1. The maximum absolute atomic E-state index is 11.7. The highest BCUT2D eigenvalue weighted by molar-refractivity contribution is 7.89. The highest BCUT2D eigenvalue weighted by Crippen LogP contribution is 2.10. The number of carbonyl (C=O) groups excluding carboxylic acids is 1. The van der Waals surface area contributed by atoms with Gasteiger partial charge in [-0.25, -0.2) is 13.1 Å². The van der Waals surface area contributed by atoms with Gasteiger partial charge in [-0.15, -0.1) is 0 Å². The first-order valence-electron chi connectivity index (χ1n) is 5.94. The van der Waals surface area contributed by atoms with Gasteiger partial charge in [0, 0.05) is 18.2 Å². The SMILES string of the molecule is CNS(=O)(=O)c1ccc(C(=O)NCCC(C)N)cc1. The van der Waals surface area contributed by atoms with E-state index in [0.717, 1.165) is 0 Å². The molecular formula is C12H19N3O3S. The predicted molar refractivity (Wildman–Crippen MR) is 73.3 cm³/mol. The van der Waals surface area contributed by atoms with E-state index in [0.29, 0.717) is 18.5 Å². The average molecular weight is 285 g/mol. The summed E-state index contributed by atoms with van der Waals surface area (Å²) in [7, 11) is -2.13. The number of hydrogen-bond donors (Lipinski definition) is 3. The van der Waals surface area contributed by atoms with Crippen LogP contribution in [0.3, 0.4) is 0 Å². The lowest BCUT2D eigenvalue weighted by Crippen LogP contribution is -2.29. The highest BCUT2D eigenvalue weighted by Gasteiger charge is 2.12. The Kier molecular flexibility index (Phi) is 5.46. The van der Waals surface area contributed by atoms with E-state index in [1.165, 1.54) is 31.3 Å². The van der Waals surface area contributed by atoms with E-state index in [4.69, 9.17) is 5.73 Å². The molecule has 0 saturated carbocycles. The third kappa shape index (κ3) is 4.62. The van der Waals surface area contributed by atoms with Crippen molar-refractivity contribution in [3.63, 3.8) is 0 Å². The summed E-state index contributed by atoms with van der Waals surface area (Å²) in [6, 6.07) is 5.78. The van der Waals surface area contributed by atoms with Crippen molar-refractivity contribution in [1.29, 1.82) is 0 Å². The standard InChI is InChI=1S/C12H19N3O3S/c1-9(13)7-8-15-12(16)10-3-5-11(6-4-10)19(17,18)14-2/h3-6,9,14H,7-8,13H2,1-2H3,(H,15,16). The van der Waals surface area contributed by atoms with Gasteiger partial charge in [-0.2, -0.15) is 0 Å². The molecule has 1 unspecified atom stereocenters. The molecule has 0 fully saturated rings. The number of benzene rings is 1. The van der Waals surface area contributed by atoms with Crippen LogP contribution in [-0.4, -0.2) is 34.0 Å². The molecule has 0 heterocycles. The minimum absolute atomic E-state index is 0.0310. The summed E-state index contributed by atoms with van der Waals surface area (Å²) in [5.74, 6) is -0.242. The Bertz CT molecular complexity index is 524. The molecule has 1 atom stereocenters. The van der Waals surface area contributed by atoms with E-state index in [-0.39, 0.29) is 16.8 Å². The van der Waals surface area contributed by atoms with Crippen LogP contribution >= 0.6 is 0 Å². The average Bonchev–Trinajstić information content (AvgIpc) is 2.38. The molecule has 0 radical (unpaired) electrons. The fourth-order valence-electron chi connectivity index (χ4n) is 1.42. The normalized spacial score (nSPS) is 13.0. The van der Waals surface area contributed by atoms with E-state index in [2.05, 4.69) is 10.0 Å². The van der Waals surface area contributed by atoms with Gasteiger partial charge < -0.3 is 11.1 Å². The Morgan fingerprint density at radius 2 is 1.89 bits per heavy atom. The second-order valence-corrected chi connectivity index (χ2v) is 6.14. The van der Waals surface area contributed by atoms with Gasteiger partial charge in [0.25, 0.3) is 5.91 Å². The molecule has 0 aliphatic carbocycles. The molecule has 7 heteroatoms. The summed E-state index contributed by atoms with van der Waals surface area (Å²) in [6.07, 6.45) is 0.692. The number of amides is 1. The topological polar surface area (TPSA) is 101 Å². The van der Waals surface area contributed by atoms with Gasteiger partial charge in [0.1, 0.15) is 0 Å². The van der Waals surface area contributed by atoms with Crippen molar-refractivity contribution in [1.82, 2.24) is 10.0 Å². The highest BCUT2D eigenvalue weighted by atomic mass is 32.2. The molecule has 0 saturated heterocycles. The number of nitrogens with one attached hydrogen (secondary N) is 2. The maximum atomic E-state index is 11.7. The van der Waals surface area contributed by atoms with Gasteiger partial charge in [-0.1, -0.05) is 0 Å². The molecule has 106 valence electrons. The number of sulfonamides is 1. The predicted octanol–water partition coefficient (Wildman–Crippen LogP) is 0.0618. The van der Waals surface area contributed by atoms with Crippen molar-refractivity contribution in [3.05, 3.63) is 29.8 Å². The van der Waals surface area contributed by atoms with E-state index >= 15 is 0 Å². The van der Waals surface area contributed by atoms with Crippen LogP contribution in [0.5, 0.6) is 0 Å². The molecule has 1 amide bonds. The lowest BCUT2D eigenvalue weighted by molar-refractivity contribution is 0.0952. The lowest BCUT2D eigenvalue weighted by atomic mass is 10.2. The molecule has 0 aliphatic heterocycles. The van der Waals surface area contributed by atoms with Crippen LogP contribution in [0.4, 0.5) is 0 Å². The van der Waals surface area contributed by atoms with Gasteiger partial charge in [0.05, 0.1) is 4.90 Å². The van der Waals surface area contributed by atoms with Crippen molar-refractivity contribution >= 4 is 15.9 Å². The van der Waals surface area contributed by atoms with E-state index in [9.17, 15) is 13.2 Å². The van der Waals surface area contributed by atoms with Gasteiger partial charge in [0.15, 0.2) is 0 Å². The number of hydrogen-bond acceptors (Lipinski definition) is 4. The fraction of sp³-hybridized carbons (Fsp3) is 0.417. The first kappa shape index (κ1) is 15.6. The van der Waals surface area contributed by atoms with Crippen LogP contribution in [0.25, 0.3) is 0 Å². The Hall–Kier alpha value is -1.44. The zero-order valence-corrected chi connectivity index (χ0v) is 11.8. The molecule has 0 aliphatic rings. The molecule has 19 heavy (non-hydrogen) atoms. The van der Waals surface area contributed by atoms with Crippen molar-refractivity contribution in [2.75, 3.05) is 13.6 Å². The summed E-state index contributed by atoms with van der Waals surface area (Å²) in [5, 5.41) is 2.72. The van der Waals surface area contributed by atoms with Crippen molar-refractivity contribution in [2.24, 2.45) is 5.73 Å². The smallest absolute Gasteiger partial charge is 0.251 e. The molecule has 0 aromatic heterocycles. The second kappa shape index (κ2) is 6.65. The summed E-state index contributed by atoms with van der Waals surface area (Å²) >= 11 is 0. The largest absolute Gasteiger partial charge is 0.352 e. The van der Waals surface area contributed by atoms with E-state index in [1.807, 2.05) is 6.92 Å². The minimum atomic E-state index is -3.47. The monoisotopic (exact) mass is 285 g/mol. The second-order valence-electron chi connectivity index (χ2n) is 4.25. The van der Waals surface area contributed by atoms with Crippen molar-refractivity contribution in [3.8, 4) is 0 Å². The molecule has 6 nitrogen and oxygen atoms in total. The van der Waals surface area contributed by atoms with Crippen LogP contribution in [-0.2, 0) is 10.0 Å².